The molecule has 3 aliphatic rings. The van der Waals surface area contributed by atoms with Crippen LogP contribution in [0, 0.1) is 0 Å². The van der Waals surface area contributed by atoms with Gasteiger partial charge in [0.25, 0.3) is 0 Å². The second-order valence-corrected chi connectivity index (χ2v) is 8.22. The van der Waals surface area contributed by atoms with E-state index in [-0.39, 0.29) is 11.8 Å². The zero-order chi connectivity index (χ0) is 21.6. The second kappa shape index (κ2) is 7.67. The van der Waals surface area contributed by atoms with Crippen LogP contribution in [0.5, 0.6) is 17.2 Å². The Hall–Kier alpha value is -2.87. The summed E-state index contributed by atoms with van der Waals surface area (Å²) >= 11 is 0. The summed E-state index contributed by atoms with van der Waals surface area (Å²) in [7, 11) is 3.74. The van der Waals surface area contributed by atoms with E-state index in [2.05, 4.69) is 17.0 Å². The number of likely N-dealkylation sites (tertiary alicyclic amines) is 1. The molecule has 1 saturated heterocycles. The van der Waals surface area contributed by atoms with Crippen LogP contribution in [-0.4, -0.2) is 55.2 Å². The molecule has 0 unspecified atom stereocenters. The van der Waals surface area contributed by atoms with E-state index in [0.29, 0.717) is 17.7 Å². The number of alkyl halides is 2. The van der Waals surface area contributed by atoms with Crippen LogP contribution in [0.4, 0.5) is 8.78 Å². The predicted molar refractivity (Wildman–Crippen MR) is 112 cm³/mol. The van der Waals surface area contributed by atoms with Crippen molar-refractivity contribution >= 4 is 5.71 Å². The molecule has 0 amide bonds. The first kappa shape index (κ1) is 20.1. The van der Waals surface area contributed by atoms with E-state index >= 15 is 0 Å². The van der Waals surface area contributed by atoms with Crippen molar-refractivity contribution in [2.75, 3.05) is 27.2 Å². The first-order valence-corrected chi connectivity index (χ1v) is 10.5. The number of methoxy groups -OCH3 is 1. The topological polar surface area (TPSA) is 46.5 Å². The van der Waals surface area contributed by atoms with Crippen LogP contribution in [0.2, 0.25) is 0 Å². The molecule has 2 aromatic carbocycles. The standard InChI is InChI=1S/C23H25F2N3O3/c1-27-12-10-23(11-13-27)28-18(16-7-5-9-20(29-2)21(16)31-23)14-17(26-28)15-6-3-4-8-19(15)30-22(24)25/h3-9,18,22H,10-14H2,1-2H3/t18-/m0/s1. The average Bonchev–Trinajstić information content (AvgIpc) is 3.22. The largest absolute Gasteiger partial charge is 0.493 e. The third-order valence-corrected chi connectivity index (χ3v) is 6.39. The van der Waals surface area contributed by atoms with Gasteiger partial charge in [-0.15, -0.1) is 0 Å². The SMILES string of the molecule is COc1cccc2c1OC1(CCN(C)CC1)N1N=C(c3ccccc3OC(F)F)C[C@@H]21. The normalized spacial score (nSPS) is 22.0. The van der Waals surface area contributed by atoms with Crippen molar-refractivity contribution < 1.29 is 23.0 Å². The molecule has 1 spiro atoms. The highest BCUT2D eigenvalue weighted by Crippen LogP contribution is 2.52. The number of nitrogens with zero attached hydrogens (tertiary/aromatic N) is 3. The predicted octanol–water partition coefficient (Wildman–Crippen LogP) is 4.26. The van der Waals surface area contributed by atoms with Gasteiger partial charge in [0.15, 0.2) is 11.5 Å². The summed E-state index contributed by atoms with van der Waals surface area (Å²) < 4.78 is 43.0. The number of hydrogen-bond acceptors (Lipinski definition) is 6. The van der Waals surface area contributed by atoms with Gasteiger partial charge < -0.3 is 19.1 Å². The number of ether oxygens (including phenoxy) is 3. The van der Waals surface area contributed by atoms with Crippen LogP contribution in [0.3, 0.4) is 0 Å². The fourth-order valence-corrected chi connectivity index (χ4v) is 4.80. The van der Waals surface area contributed by atoms with E-state index in [1.165, 1.54) is 0 Å². The summed E-state index contributed by atoms with van der Waals surface area (Å²) in [5.74, 6) is 1.59. The Labute approximate surface area is 180 Å². The monoisotopic (exact) mass is 429 g/mol. The Morgan fingerprint density at radius 1 is 1.10 bits per heavy atom. The third-order valence-electron chi connectivity index (χ3n) is 6.39. The van der Waals surface area contributed by atoms with E-state index in [9.17, 15) is 8.78 Å². The highest BCUT2D eigenvalue weighted by atomic mass is 19.3. The lowest BCUT2D eigenvalue weighted by Crippen LogP contribution is -2.58. The highest BCUT2D eigenvalue weighted by Gasteiger charge is 2.52. The molecule has 0 saturated carbocycles. The molecular formula is C23H25F2N3O3. The molecular weight excluding hydrogens is 404 g/mol. The first-order chi connectivity index (χ1) is 15.0. The Morgan fingerprint density at radius 3 is 2.58 bits per heavy atom. The summed E-state index contributed by atoms with van der Waals surface area (Å²) in [6.45, 7) is -1.13. The van der Waals surface area contributed by atoms with Crippen LogP contribution in [0.25, 0.3) is 0 Å². The Bertz CT molecular complexity index is 1010. The number of halogens is 2. The molecule has 164 valence electrons. The van der Waals surface area contributed by atoms with Gasteiger partial charge in [0.05, 0.1) is 18.9 Å². The molecule has 2 aromatic rings. The summed E-state index contributed by atoms with van der Waals surface area (Å²) in [6.07, 6.45) is 2.14. The fourth-order valence-electron chi connectivity index (χ4n) is 4.80. The molecule has 8 heteroatoms. The number of para-hydroxylation sites is 2. The number of piperidine rings is 1. The molecule has 3 aliphatic heterocycles. The Morgan fingerprint density at radius 2 is 1.84 bits per heavy atom. The number of rotatable bonds is 4. The maximum Gasteiger partial charge on any atom is 0.387 e. The van der Waals surface area contributed by atoms with Crippen molar-refractivity contribution in [3.63, 3.8) is 0 Å². The van der Waals surface area contributed by atoms with E-state index in [4.69, 9.17) is 19.3 Å². The number of fused-ring (bicyclic) bond motifs is 4. The van der Waals surface area contributed by atoms with E-state index in [0.717, 1.165) is 43.0 Å². The number of hydrazone groups is 1. The molecule has 6 nitrogen and oxygen atoms in total. The van der Waals surface area contributed by atoms with Gasteiger partial charge in [0.1, 0.15) is 5.75 Å². The van der Waals surface area contributed by atoms with Crippen molar-refractivity contribution in [2.24, 2.45) is 5.10 Å². The molecule has 3 heterocycles. The van der Waals surface area contributed by atoms with Crippen molar-refractivity contribution in [3.8, 4) is 17.2 Å². The van der Waals surface area contributed by atoms with Crippen molar-refractivity contribution in [2.45, 2.75) is 37.6 Å². The summed E-state index contributed by atoms with van der Waals surface area (Å²) in [5.41, 5.74) is 1.71. The minimum absolute atomic E-state index is 0.0585. The molecule has 0 aromatic heterocycles. The van der Waals surface area contributed by atoms with Gasteiger partial charge in [-0.3, -0.25) is 0 Å². The zero-order valence-corrected chi connectivity index (χ0v) is 17.6. The van der Waals surface area contributed by atoms with Gasteiger partial charge in [-0.05, 0) is 25.2 Å². The number of hydrogen-bond donors (Lipinski definition) is 0. The third kappa shape index (κ3) is 3.39. The summed E-state index contributed by atoms with van der Waals surface area (Å²) in [6, 6.07) is 12.6. The van der Waals surface area contributed by atoms with Crippen LogP contribution in [-0.2, 0) is 0 Å². The fraction of sp³-hybridized carbons (Fsp3) is 0.435. The van der Waals surface area contributed by atoms with Crippen molar-refractivity contribution in [1.29, 1.82) is 0 Å². The van der Waals surface area contributed by atoms with Gasteiger partial charge >= 0.3 is 6.61 Å². The van der Waals surface area contributed by atoms with Crippen molar-refractivity contribution in [3.05, 3.63) is 53.6 Å². The van der Waals surface area contributed by atoms with Gasteiger partial charge in [-0.2, -0.15) is 13.9 Å². The van der Waals surface area contributed by atoms with Gasteiger partial charge in [0, 0.05) is 43.5 Å². The molecule has 1 fully saturated rings. The van der Waals surface area contributed by atoms with Gasteiger partial charge in [0.2, 0.25) is 5.72 Å². The van der Waals surface area contributed by atoms with Crippen LogP contribution in [0.1, 0.15) is 36.4 Å². The maximum atomic E-state index is 13.0. The molecule has 5 rings (SSSR count). The van der Waals surface area contributed by atoms with Crippen LogP contribution >= 0.6 is 0 Å². The zero-order valence-electron chi connectivity index (χ0n) is 17.6. The quantitative estimate of drug-likeness (QED) is 0.727. The van der Waals surface area contributed by atoms with Crippen molar-refractivity contribution in [1.82, 2.24) is 9.91 Å². The molecule has 0 N–H and O–H groups in total. The summed E-state index contributed by atoms with van der Waals surface area (Å²) in [4.78, 5) is 2.27. The number of benzene rings is 2. The minimum Gasteiger partial charge on any atom is -0.493 e. The van der Waals surface area contributed by atoms with Crippen LogP contribution in [0.15, 0.2) is 47.6 Å². The van der Waals surface area contributed by atoms with Gasteiger partial charge in [-0.1, -0.05) is 24.3 Å². The lowest BCUT2D eigenvalue weighted by Gasteiger charge is -2.50. The Balaban J connectivity index is 1.59. The molecule has 0 bridgehead atoms. The lowest BCUT2D eigenvalue weighted by molar-refractivity contribution is -0.148. The van der Waals surface area contributed by atoms with E-state index in [1.807, 2.05) is 24.3 Å². The first-order valence-electron chi connectivity index (χ1n) is 10.5. The van der Waals surface area contributed by atoms with E-state index < -0.39 is 12.3 Å². The van der Waals surface area contributed by atoms with Gasteiger partial charge in [-0.25, -0.2) is 5.01 Å². The highest BCUT2D eigenvalue weighted by molar-refractivity contribution is 6.04. The molecule has 0 aliphatic carbocycles. The average molecular weight is 429 g/mol. The van der Waals surface area contributed by atoms with Crippen LogP contribution < -0.4 is 14.2 Å². The molecule has 0 radical (unpaired) electrons. The molecule has 1 atom stereocenters. The maximum absolute atomic E-state index is 13.0. The Kier molecular flexibility index (Phi) is 4.97. The minimum atomic E-state index is -2.89. The second-order valence-electron chi connectivity index (χ2n) is 8.22. The lowest BCUT2D eigenvalue weighted by atomic mass is 9.90. The molecule has 31 heavy (non-hydrogen) atoms. The summed E-state index contributed by atoms with van der Waals surface area (Å²) in [5, 5.41) is 7.00. The van der Waals surface area contributed by atoms with E-state index in [1.54, 1.807) is 25.3 Å². The smallest absolute Gasteiger partial charge is 0.387 e.